The number of hydrogen-bond acceptors (Lipinski definition) is 4. The van der Waals surface area contributed by atoms with Crippen LogP contribution in [-0.4, -0.2) is 15.9 Å². The summed E-state index contributed by atoms with van der Waals surface area (Å²) >= 11 is 3.39. The molecule has 1 aromatic carbocycles. The van der Waals surface area contributed by atoms with Gasteiger partial charge in [-0.05, 0) is 48.9 Å². The molecule has 0 fully saturated rings. The van der Waals surface area contributed by atoms with E-state index < -0.39 is 0 Å². The summed E-state index contributed by atoms with van der Waals surface area (Å²) in [7, 11) is 0. The number of fused-ring (bicyclic) bond motifs is 1. The minimum atomic E-state index is -0.174. The van der Waals surface area contributed by atoms with Gasteiger partial charge in [-0.3, -0.25) is 4.79 Å². The zero-order valence-electron chi connectivity index (χ0n) is 13.1. The smallest absolute Gasteiger partial charge is 0.282 e. The van der Waals surface area contributed by atoms with Crippen LogP contribution in [0.25, 0.3) is 17.0 Å². The average molecular weight is 386 g/mol. The van der Waals surface area contributed by atoms with Crippen LogP contribution in [0, 0.1) is 0 Å². The second-order valence-electron chi connectivity index (χ2n) is 5.20. The first-order valence-electron chi connectivity index (χ1n) is 7.64. The molecule has 0 N–H and O–H groups in total. The van der Waals surface area contributed by atoms with Crippen LogP contribution in [0.4, 0.5) is 0 Å². The topological polar surface area (TPSA) is 60.4 Å². The number of aromatic nitrogens is 2. The minimum absolute atomic E-state index is 0.174. The van der Waals surface area contributed by atoms with Crippen molar-refractivity contribution in [2.24, 2.45) is 5.10 Å². The molecule has 2 aromatic heterocycles. The molecular weight excluding hydrogens is 370 g/mol. The lowest BCUT2D eigenvalue weighted by Crippen LogP contribution is -2.22. The summed E-state index contributed by atoms with van der Waals surface area (Å²) in [5.74, 6) is 1.38. The standard InChI is InChI=1S/C18H16BrN3O2/c1-2-5-17-21-16-9-8-13(19)12-15(16)18(23)22(17)20-10-3-6-14-7-4-11-24-14/h3-4,6-12H,2,5H2,1H3/b6-3+,20-10?. The summed E-state index contributed by atoms with van der Waals surface area (Å²) in [4.78, 5) is 17.3. The third kappa shape index (κ3) is 3.54. The van der Waals surface area contributed by atoms with Gasteiger partial charge >= 0.3 is 0 Å². The molecule has 3 rings (SSSR count). The van der Waals surface area contributed by atoms with Gasteiger partial charge in [0.1, 0.15) is 11.6 Å². The molecule has 0 aliphatic rings. The van der Waals surface area contributed by atoms with Crippen LogP contribution >= 0.6 is 15.9 Å². The summed E-state index contributed by atoms with van der Waals surface area (Å²) in [6, 6.07) is 9.14. The number of benzene rings is 1. The fraction of sp³-hybridized carbons (Fsp3) is 0.167. The third-order valence-electron chi connectivity index (χ3n) is 3.42. The molecule has 0 saturated heterocycles. The Morgan fingerprint density at radius 2 is 2.25 bits per heavy atom. The fourth-order valence-corrected chi connectivity index (χ4v) is 2.69. The maximum Gasteiger partial charge on any atom is 0.282 e. The summed E-state index contributed by atoms with van der Waals surface area (Å²) in [5, 5.41) is 4.81. The zero-order valence-corrected chi connectivity index (χ0v) is 14.7. The van der Waals surface area contributed by atoms with Gasteiger partial charge in [0.25, 0.3) is 5.56 Å². The molecule has 6 heteroatoms. The Morgan fingerprint density at radius 1 is 1.38 bits per heavy atom. The van der Waals surface area contributed by atoms with Crippen molar-refractivity contribution in [3.63, 3.8) is 0 Å². The highest BCUT2D eigenvalue weighted by Gasteiger charge is 2.10. The molecule has 0 radical (unpaired) electrons. The van der Waals surface area contributed by atoms with Gasteiger partial charge in [0.05, 0.1) is 17.2 Å². The molecule has 0 spiro atoms. The van der Waals surface area contributed by atoms with E-state index in [1.54, 1.807) is 30.7 Å². The van der Waals surface area contributed by atoms with E-state index in [0.29, 0.717) is 23.1 Å². The molecule has 0 amide bonds. The highest BCUT2D eigenvalue weighted by atomic mass is 79.9. The Labute approximate surface area is 147 Å². The van der Waals surface area contributed by atoms with E-state index in [9.17, 15) is 4.79 Å². The number of rotatable bonds is 5. The predicted molar refractivity (Wildman–Crippen MR) is 99.3 cm³/mol. The van der Waals surface area contributed by atoms with Crippen LogP contribution in [0.1, 0.15) is 24.9 Å². The first-order chi connectivity index (χ1) is 11.7. The largest absolute Gasteiger partial charge is 0.465 e. The van der Waals surface area contributed by atoms with Gasteiger partial charge in [0.15, 0.2) is 0 Å². The van der Waals surface area contributed by atoms with Gasteiger partial charge < -0.3 is 4.42 Å². The van der Waals surface area contributed by atoms with Crippen LogP contribution in [0.5, 0.6) is 0 Å². The number of hydrogen-bond donors (Lipinski definition) is 0. The van der Waals surface area contributed by atoms with E-state index in [2.05, 4.69) is 26.0 Å². The number of halogens is 1. The van der Waals surface area contributed by atoms with Gasteiger partial charge in [0, 0.05) is 17.1 Å². The maximum absolute atomic E-state index is 12.7. The normalized spacial score (nSPS) is 11.9. The molecule has 0 aliphatic heterocycles. The Bertz CT molecular complexity index is 956. The van der Waals surface area contributed by atoms with Crippen LogP contribution in [0.2, 0.25) is 0 Å². The Morgan fingerprint density at radius 3 is 3.00 bits per heavy atom. The summed E-state index contributed by atoms with van der Waals surface area (Å²) in [6.07, 6.45) is 8.23. The molecule has 24 heavy (non-hydrogen) atoms. The molecule has 0 aliphatic carbocycles. The van der Waals surface area contributed by atoms with Crippen molar-refractivity contribution in [3.05, 3.63) is 69.1 Å². The lowest BCUT2D eigenvalue weighted by Gasteiger charge is -2.08. The van der Waals surface area contributed by atoms with Crippen molar-refractivity contribution >= 4 is 39.1 Å². The number of nitrogens with zero attached hydrogens (tertiary/aromatic N) is 3. The zero-order chi connectivity index (χ0) is 16.9. The highest BCUT2D eigenvalue weighted by Crippen LogP contribution is 2.16. The van der Waals surface area contributed by atoms with Gasteiger partial charge in [-0.2, -0.15) is 9.78 Å². The van der Waals surface area contributed by atoms with Gasteiger partial charge in [-0.15, -0.1) is 0 Å². The molecule has 2 heterocycles. The van der Waals surface area contributed by atoms with E-state index in [-0.39, 0.29) is 5.56 Å². The highest BCUT2D eigenvalue weighted by molar-refractivity contribution is 9.10. The molecule has 0 unspecified atom stereocenters. The van der Waals surface area contributed by atoms with Crippen molar-refractivity contribution in [3.8, 4) is 0 Å². The van der Waals surface area contributed by atoms with Gasteiger partial charge in [-0.1, -0.05) is 22.9 Å². The summed E-state index contributed by atoms with van der Waals surface area (Å²) < 4.78 is 7.41. The Kier molecular flexibility index (Phi) is 5.05. The van der Waals surface area contributed by atoms with Crippen LogP contribution in [0.3, 0.4) is 0 Å². The molecular formula is C18H16BrN3O2. The van der Waals surface area contributed by atoms with E-state index in [0.717, 1.165) is 16.7 Å². The minimum Gasteiger partial charge on any atom is -0.465 e. The lowest BCUT2D eigenvalue weighted by molar-refractivity contribution is 0.557. The number of furan rings is 1. The monoisotopic (exact) mass is 385 g/mol. The maximum atomic E-state index is 12.7. The second kappa shape index (κ2) is 7.40. The van der Waals surface area contributed by atoms with Crippen molar-refractivity contribution in [2.45, 2.75) is 19.8 Å². The average Bonchev–Trinajstić information content (AvgIpc) is 3.08. The number of allylic oxidation sites excluding steroid dienone is 1. The molecule has 0 saturated carbocycles. The lowest BCUT2D eigenvalue weighted by atomic mass is 10.2. The van der Waals surface area contributed by atoms with Crippen LogP contribution < -0.4 is 5.56 Å². The molecule has 3 aromatic rings. The molecule has 122 valence electrons. The molecule has 5 nitrogen and oxygen atoms in total. The predicted octanol–water partition coefficient (Wildman–Crippen LogP) is 4.25. The first-order valence-corrected chi connectivity index (χ1v) is 8.44. The van der Waals surface area contributed by atoms with E-state index >= 15 is 0 Å². The van der Waals surface area contributed by atoms with E-state index in [4.69, 9.17) is 4.42 Å². The van der Waals surface area contributed by atoms with Crippen molar-refractivity contribution in [2.75, 3.05) is 0 Å². The second-order valence-corrected chi connectivity index (χ2v) is 6.11. The third-order valence-corrected chi connectivity index (χ3v) is 3.91. The quantitative estimate of drug-likeness (QED) is 0.616. The van der Waals surface area contributed by atoms with Crippen LogP contribution in [-0.2, 0) is 6.42 Å². The van der Waals surface area contributed by atoms with E-state index in [1.165, 1.54) is 4.68 Å². The number of aryl methyl sites for hydroxylation is 1. The van der Waals surface area contributed by atoms with Crippen molar-refractivity contribution in [1.29, 1.82) is 0 Å². The summed E-state index contributed by atoms with van der Waals surface area (Å²) in [6.45, 7) is 2.04. The van der Waals surface area contributed by atoms with Gasteiger partial charge in [-0.25, -0.2) is 4.98 Å². The van der Waals surface area contributed by atoms with Crippen LogP contribution in [0.15, 0.2) is 61.5 Å². The molecule has 0 bridgehead atoms. The first kappa shape index (κ1) is 16.4. The van der Waals surface area contributed by atoms with Crippen molar-refractivity contribution < 1.29 is 4.42 Å². The SMILES string of the molecule is CCCc1nc2ccc(Br)cc2c(=O)n1N=C/C=C/c1ccco1. The summed E-state index contributed by atoms with van der Waals surface area (Å²) in [5.41, 5.74) is 0.511. The van der Waals surface area contributed by atoms with E-state index in [1.807, 2.05) is 31.2 Å². The van der Waals surface area contributed by atoms with Crippen molar-refractivity contribution in [1.82, 2.24) is 9.66 Å². The fourth-order valence-electron chi connectivity index (χ4n) is 2.33. The Hall–Kier alpha value is -2.47. The van der Waals surface area contributed by atoms with Gasteiger partial charge in [0.2, 0.25) is 0 Å². The molecule has 0 atom stereocenters. The Balaban J connectivity index is 2.02.